The molecule has 2 unspecified atom stereocenters. The minimum atomic E-state index is -5.09. The third-order valence-corrected chi connectivity index (χ3v) is 4.40. The monoisotopic (exact) mass is 372 g/mol. The second-order valence-corrected chi connectivity index (χ2v) is 6.43. The van der Waals surface area contributed by atoms with Gasteiger partial charge in [0.1, 0.15) is 0 Å². The molecule has 0 spiro atoms. The maximum Gasteiger partial charge on any atom is 0.426 e. The van der Waals surface area contributed by atoms with E-state index in [1.165, 1.54) is 29.2 Å². The molecule has 3 rings (SSSR count). The van der Waals surface area contributed by atoms with Crippen molar-refractivity contribution in [2.75, 3.05) is 6.54 Å². The Morgan fingerprint density at radius 2 is 2.08 bits per heavy atom. The molecular formula is C16H16F4N4O2. The molecule has 1 aliphatic rings. The summed E-state index contributed by atoms with van der Waals surface area (Å²) in [5, 5.41) is 13.7. The van der Waals surface area contributed by atoms with Gasteiger partial charge in [-0.25, -0.2) is 14.1 Å². The van der Waals surface area contributed by atoms with Crippen LogP contribution >= 0.6 is 0 Å². The smallest absolute Gasteiger partial charge is 0.373 e. The fraction of sp³-hybridized carbons (Fsp3) is 0.438. The molecule has 1 amide bonds. The quantitative estimate of drug-likeness (QED) is 0.821. The molecule has 0 bridgehead atoms. The van der Waals surface area contributed by atoms with Gasteiger partial charge in [0.2, 0.25) is 5.60 Å². The SMILES string of the molecule is CC1CN(C(=O)C(C)(O)C(F)(F)F)Cc2cnn(-c3ncccc3F)c21. The van der Waals surface area contributed by atoms with Crippen molar-refractivity contribution in [3.05, 3.63) is 41.6 Å². The van der Waals surface area contributed by atoms with Gasteiger partial charge >= 0.3 is 6.18 Å². The van der Waals surface area contributed by atoms with Gasteiger partial charge in [-0.3, -0.25) is 4.79 Å². The zero-order valence-corrected chi connectivity index (χ0v) is 14.0. The minimum absolute atomic E-state index is 0.0253. The fourth-order valence-corrected chi connectivity index (χ4v) is 3.01. The van der Waals surface area contributed by atoms with Crippen LogP contribution in [-0.2, 0) is 11.3 Å². The summed E-state index contributed by atoms with van der Waals surface area (Å²) in [7, 11) is 0. The van der Waals surface area contributed by atoms with Gasteiger partial charge in [0.15, 0.2) is 11.6 Å². The van der Waals surface area contributed by atoms with Crippen LogP contribution < -0.4 is 0 Å². The number of hydrogen-bond donors (Lipinski definition) is 1. The van der Waals surface area contributed by atoms with Crippen molar-refractivity contribution < 1.29 is 27.5 Å². The average Bonchev–Trinajstić information content (AvgIpc) is 2.97. The molecular weight excluding hydrogens is 356 g/mol. The van der Waals surface area contributed by atoms with E-state index in [0.717, 1.165) is 4.90 Å². The number of rotatable bonds is 2. The van der Waals surface area contributed by atoms with Gasteiger partial charge in [-0.2, -0.15) is 18.3 Å². The third kappa shape index (κ3) is 2.83. The zero-order chi connectivity index (χ0) is 19.3. The van der Waals surface area contributed by atoms with Crippen LogP contribution in [0.2, 0.25) is 0 Å². The van der Waals surface area contributed by atoms with E-state index >= 15 is 0 Å². The normalized spacial score (nSPS) is 19.8. The van der Waals surface area contributed by atoms with Crippen LogP contribution in [0.5, 0.6) is 0 Å². The van der Waals surface area contributed by atoms with Crippen molar-refractivity contribution in [2.24, 2.45) is 0 Å². The highest BCUT2D eigenvalue weighted by Crippen LogP contribution is 2.35. The number of aromatic nitrogens is 3. The Labute approximate surface area is 146 Å². The predicted octanol–water partition coefficient (Wildman–Crippen LogP) is 2.17. The number of halogens is 4. The Morgan fingerprint density at radius 1 is 1.38 bits per heavy atom. The Kier molecular flexibility index (Phi) is 4.26. The Balaban J connectivity index is 1.94. The summed E-state index contributed by atoms with van der Waals surface area (Å²) in [5.74, 6) is -2.48. The molecule has 0 aliphatic carbocycles. The van der Waals surface area contributed by atoms with Gasteiger partial charge in [0.25, 0.3) is 5.91 Å². The molecule has 0 saturated heterocycles. The topological polar surface area (TPSA) is 71.2 Å². The number of alkyl halides is 3. The summed E-state index contributed by atoms with van der Waals surface area (Å²) in [6, 6.07) is 2.65. The van der Waals surface area contributed by atoms with E-state index in [-0.39, 0.29) is 18.9 Å². The maximum absolute atomic E-state index is 14.0. The first kappa shape index (κ1) is 18.3. The van der Waals surface area contributed by atoms with Crippen LogP contribution in [0.1, 0.15) is 31.0 Å². The van der Waals surface area contributed by atoms with Crippen molar-refractivity contribution in [3.63, 3.8) is 0 Å². The summed E-state index contributed by atoms with van der Waals surface area (Å²) < 4.78 is 54.1. The number of amides is 1. The summed E-state index contributed by atoms with van der Waals surface area (Å²) >= 11 is 0. The molecule has 1 aliphatic heterocycles. The highest BCUT2D eigenvalue weighted by Gasteiger charge is 2.57. The van der Waals surface area contributed by atoms with Crippen molar-refractivity contribution in [2.45, 2.75) is 38.1 Å². The zero-order valence-electron chi connectivity index (χ0n) is 14.0. The molecule has 6 nitrogen and oxygen atoms in total. The largest absolute Gasteiger partial charge is 0.426 e. The lowest BCUT2D eigenvalue weighted by Crippen LogP contribution is -2.57. The van der Waals surface area contributed by atoms with Crippen LogP contribution in [0.25, 0.3) is 5.82 Å². The lowest BCUT2D eigenvalue weighted by Gasteiger charge is -2.36. The molecule has 2 aromatic heterocycles. The summed E-state index contributed by atoms with van der Waals surface area (Å²) in [6.07, 6.45) is -2.33. The lowest BCUT2D eigenvalue weighted by molar-refractivity contribution is -0.250. The average molecular weight is 372 g/mol. The van der Waals surface area contributed by atoms with Gasteiger partial charge in [-0.1, -0.05) is 6.92 Å². The number of pyridine rings is 1. The third-order valence-electron chi connectivity index (χ3n) is 4.40. The molecule has 3 heterocycles. The van der Waals surface area contributed by atoms with Gasteiger partial charge in [0.05, 0.1) is 11.9 Å². The van der Waals surface area contributed by atoms with Crippen molar-refractivity contribution in [1.29, 1.82) is 0 Å². The van der Waals surface area contributed by atoms with Crippen LogP contribution in [0.3, 0.4) is 0 Å². The number of nitrogens with zero attached hydrogens (tertiary/aromatic N) is 4. The van der Waals surface area contributed by atoms with E-state index in [9.17, 15) is 27.5 Å². The van der Waals surface area contributed by atoms with Crippen LogP contribution in [0, 0.1) is 5.82 Å². The van der Waals surface area contributed by atoms with Gasteiger partial charge in [0, 0.05) is 30.8 Å². The standard InChI is InChI=1S/C16H16F4N4O2/c1-9-7-23(14(25)15(2,26)16(18,19)20)8-10-6-22-24(12(9)10)13-11(17)4-3-5-21-13/h3-6,9,26H,7-8H2,1-2H3. The molecule has 0 fully saturated rings. The van der Waals surface area contributed by atoms with Crippen molar-refractivity contribution >= 4 is 5.91 Å². The molecule has 2 aromatic rings. The van der Waals surface area contributed by atoms with Gasteiger partial charge in [-0.05, 0) is 19.1 Å². The first-order valence-electron chi connectivity index (χ1n) is 7.80. The molecule has 0 radical (unpaired) electrons. The minimum Gasteiger partial charge on any atom is -0.373 e. The van der Waals surface area contributed by atoms with E-state index in [2.05, 4.69) is 10.1 Å². The first-order chi connectivity index (χ1) is 12.0. The van der Waals surface area contributed by atoms with Crippen LogP contribution in [0.4, 0.5) is 17.6 Å². The molecule has 2 atom stereocenters. The number of aliphatic hydroxyl groups is 1. The number of fused-ring (bicyclic) bond motifs is 1. The second-order valence-electron chi connectivity index (χ2n) is 6.43. The van der Waals surface area contributed by atoms with Crippen LogP contribution in [0.15, 0.2) is 24.5 Å². The summed E-state index contributed by atoms with van der Waals surface area (Å²) in [5.41, 5.74) is -2.44. The molecule has 0 aromatic carbocycles. The van der Waals surface area contributed by atoms with Gasteiger partial charge < -0.3 is 10.0 Å². The number of carbonyl (C=O) groups excluding carboxylic acids is 1. The van der Waals surface area contributed by atoms with Crippen molar-refractivity contribution in [1.82, 2.24) is 19.7 Å². The van der Waals surface area contributed by atoms with E-state index in [4.69, 9.17) is 0 Å². The maximum atomic E-state index is 14.0. The van der Waals surface area contributed by atoms with E-state index in [1.54, 1.807) is 6.92 Å². The first-order valence-corrected chi connectivity index (χ1v) is 7.80. The van der Waals surface area contributed by atoms with E-state index in [0.29, 0.717) is 18.2 Å². The van der Waals surface area contributed by atoms with Crippen LogP contribution in [-0.4, -0.2) is 49.0 Å². The lowest BCUT2D eigenvalue weighted by atomic mass is 9.95. The Morgan fingerprint density at radius 3 is 2.69 bits per heavy atom. The van der Waals surface area contributed by atoms with E-state index in [1.807, 2.05) is 0 Å². The van der Waals surface area contributed by atoms with Crippen molar-refractivity contribution in [3.8, 4) is 5.82 Å². The van der Waals surface area contributed by atoms with Gasteiger partial charge in [-0.15, -0.1) is 0 Å². The molecule has 10 heteroatoms. The fourth-order valence-electron chi connectivity index (χ4n) is 3.01. The summed E-state index contributed by atoms with van der Waals surface area (Å²) in [6.45, 7) is 1.87. The molecule has 140 valence electrons. The summed E-state index contributed by atoms with van der Waals surface area (Å²) in [4.78, 5) is 17.1. The predicted molar refractivity (Wildman–Crippen MR) is 81.8 cm³/mol. The second kappa shape index (κ2) is 6.04. The van der Waals surface area contributed by atoms with E-state index < -0.39 is 29.4 Å². The number of carbonyl (C=O) groups is 1. The Bertz CT molecular complexity index is 847. The number of hydrogen-bond acceptors (Lipinski definition) is 4. The Hall–Kier alpha value is -2.49. The molecule has 0 saturated carbocycles. The molecule has 26 heavy (non-hydrogen) atoms. The highest BCUT2D eigenvalue weighted by atomic mass is 19.4. The highest BCUT2D eigenvalue weighted by molar-refractivity contribution is 5.85. The molecule has 1 N–H and O–H groups in total.